The van der Waals surface area contributed by atoms with E-state index >= 15 is 0 Å². The van der Waals surface area contributed by atoms with Gasteiger partial charge in [-0.1, -0.05) is 6.92 Å². The molecule has 0 unspecified atom stereocenters. The van der Waals surface area contributed by atoms with Crippen molar-refractivity contribution in [2.24, 2.45) is 0 Å². The fraction of sp³-hybridized carbons (Fsp3) is 0.375. The normalized spacial score (nSPS) is 10.4. The lowest BCUT2D eigenvalue weighted by molar-refractivity contribution is 0.0950. The standard InChI is InChI=1S/C16H21N3OS/c1-4-7-17-13-5-6-15(11(2)8-13)16(20)19-10-14-9-18-12(3)21-14/h5-6,8-9,17H,4,7,10H2,1-3H3,(H,19,20). The van der Waals surface area contributed by atoms with Gasteiger partial charge in [0.2, 0.25) is 0 Å². The van der Waals surface area contributed by atoms with Crippen LogP contribution in [-0.4, -0.2) is 17.4 Å². The van der Waals surface area contributed by atoms with E-state index in [-0.39, 0.29) is 5.91 Å². The number of hydrogen-bond acceptors (Lipinski definition) is 4. The fourth-order valence-corrected chi connectivity index (χ4v) is 2.78. The van der Waals surface area contributed by atoms with Gasteiger partial charge in [0, 0.05) is 28.9 Å². The minimum absolute atomic E-state index is 0.0411. The van der Waals surface area contributed by atoms with E-state index in [2.05, 4.69) is 22.5 Å². The predicted octanol–water partition coefficient (Wildman–Crippen LogP) is 3.51. The molecule has 0 aliphatic heterocycles. The average molecular weight is 303 g/mol. The second kappa shape index (κ2) is 7.22. The summed E-state index contributed by atoms with van der Waals surface area (Å²) in [6, 6.07) is 5.84. The molecule has 21 heavy (non-hydrogen) atoms. The minimum atomic E-state index is -0.0411. The van der Waals surface area contributed by atoms with E-state index in [0.717, 1.165) is 39.7 Å². The summed E-state index contributed by atoms with van der Waals surface area (Å²) in [4.78, 5) is 17.5. The Hall–Kier alpha value is -1.88. The quantitative estimate of drug-likeness (QED) is 0.858. The zero-order valence-corrected chi connectivity index (χ0v) is 13.5. The summed E-state index contributed by atoms with van der Waals surface area (Å²) in [6.45, 7) is 7.52. The number of hydrogen-bond donors (Lipinski definition) is 2. The highest BCUT2D eigenvalue weighted by atomic mass is 32.1. The highest BCUT2D eigenvalue weighted by Crippen LogP contribution is 2.16. The molecular formula is C16H21N3OS. The third-order valence-corrected chi connectivity index (χ3v) is 4.06. The molecule has 2 N–H and O–H groups in total. The molecule has 112 valence electrons. The van der Waals surface area contributed by atoms with Crippen LogP contribution in [0, 0.1) is 13.8 Å². The van der Waals surface area contributed by atoms with Crippen molar-refractivity contribution in [2.75, 3.05) is 11.9 Å². The van der Waals surface area contributed by atoms with Crippen molar-refractivity contribution in [3.63, 3.8) is 0 Å². The van der Waals surface area contributed by atoms with Crippen LogP contribution < -0.4 is 10.6 Å². The van der Waals surface area contributed by atoms with Crippen molar-refractivity contribution in [2.45, 2.75) is 33.7 Å². The second-order valence-corrected chi connectivity index (χ2v) is 6.30. The smallest absolute Gasteiger partial charge is 0.251 e. The lowest BCUT2D eigenvalue weighted by Crippen LogP contribution is -2.23. The molecule has 2 aromatic rings. The number of carbonyl (C=O) groups excluding carboxylic acids is 1. The predicted molar refractivity (Wildman–Crippen MR) is 88.0 cm³/mol. The first-order valence-corrected chi connectivity index (χ1v) is 7.96. The van der Waals surface area contributed by atoms with E-state index in [1.165, 1.54) is 0 Å². The Morgan fingerprint density at radius 2 is 2.14 bits per heavy atom. The van der Waals surface area contributed by atoms with Crippen LogP contribution in [0.25, 0.3) is 0 Å². The van der Waals surface area contributed by atoms with E-state index in [1.54, 1.807) is 11.3 Å². The van der Waals surface area contributed by atoms with E-state index in [0.29, 0.717) is 6.54 Å². The summed E-state index contributed by atoms with van der Waals surface area (Å²) in [6.07, 6.45) is 2.89. The molecule has 0 atom stereocenters. The van der Waals surface area contributed by atoms with Crippen molar-refractivity contribution in [3.05, 3.63) is 45.4 Å². The van der Waals surface area contributed by atoms with E-state index < -0.39 is 0 Å². The maximum Gasteiger partial charge on any atom is 0.251 e. The average Bonchev–Trinajstić information content (AvgIpc) is 2.88. The van der Waals surface area contributed by atoms with Crippen molar-refractivity contribution in [1.29, 1.82) is 0 Å². The summed E-state index contributed by atoms with van der Waals surface area (Å²) in [5, 5.41) is 7.28. The van der Waals surface area contributed by atoms with E-state index in [4.69, 9.17) is 0 Å². The Bertz CT molecular complexity index is 622. The SMILES string of the molecule is CCCNc1ccc(C(=O)NCc2cnc(C)s2)c(C)c1. The summed E-state index contributed by atoms with van der Waals surface area (Å²) >= 11 is 1.60. The van der Waals surface area contributed by atoms with Gasteiger partial charge in [0.15, 0.2) is 0 Å². The first-order chi connectivity index (χ1) is 10.1. The van der Waals surface area contributed by atoms with Crippen LogP contribution in [-0.2, 0) is 6.54 Å². The van der Waals surface area contributed by atoms with Crippen LogP contribution in [0.2, 0.25) is 0 Å². The van der Waals surface area contributed by atoms with Crippen molar-refractivity contribution in [1.82, 2.24) is 10.3 Å². The van der Waals surface area contributed by atoms with Crippen molar-refractivity contribution < 1.29 is 4.79 Å². The fourth-order valence-electron chi connectivity index (χ4n) is 2.05. The topological polar surface area (TPSA) is 54.0 Å². The Balaban J connectivity index is 1.98. The van der Waals surface area contributed by atoms with Crippen LogP contribution >= 0.6 is 11.3 Å². The molecule has 4 nitrogen and oxygen atoms in total. The first-order valence-electron chi connectivity index (χ1n) is 7.14. The molecule has 1 aromatic heterocycles. The highest BCUT2D eigenvalue weighted by molar-refractivity contribution is 7.11. The summed E-state index contributed by atoms with van der Waals surface area (Å²) in [5.41, 5.74) is 2.76. The van der Waals surface area contributed by atoms with Gasteiger partial charge in [0.25, 0.3) is 5.91 Å². The molecule has 0 saturated heterocycles. The van der Waals surface area contributed by atoms with E-state index in [1.807, 2.05) is 38.2 Å². The summed E-state index contributed by atoms with van der Waals surface area (Å²) in [5.74, 6) is -0.0411. The number of thiazole rings is 1. The van der Waals surface area contributed by atoms with Gasteiger partial charge in [0.1, 0.15) is 0 Å². The van der Waals surface area contributed by atoms with E-state index in [9.17, 15) is 4.79 Å². The van der Waals surface area contributed by atoms with Gasteiger partial charge in [-0.05, 0) is 44.0 Å². The van der Waals surface area contributed by atoms with Gasteiger partial charge >= 0.3 is 0 Å². The number of rotatable bonds is 6. The van der Waals surface area contributed by atoms with Gasteiger partial charge in [-0.2, -0.15) is 0 Å². The molecule has 0 fully saturated rings. The molecular weight excluding hydrogens is 282 g/mol. The van der Waals surface area contributed by atoms with Crippen LogP contribution in [0.4, 0.5) is 5.69 Å². The molecule has 5 heteroatoms. The number of anilines is 1. The molecule has 0 saturated carbocycles. The largest absolute Gasteiger partial charge is 0.385 e. The molecule has 0 radical (unpaired) electrons. The molecule has 1 heterocycles. The van der Waals surface area contributed by atoms with Crippen LogP contribution in [0.15, 0.2) is 24.4 Å². The van der Waals surface area contributed by atoms with Gasteiger partial charge in [-0.3, -0.25) is 4.79 Å². The number of nitrogens with one attached hydrogen (secondary N) is 2. The molecule has 0 bridgehead atoms. The zero-order chi connectivity index (χ0) is 15.2. The number of aryl methyl sites for hydroxylation is 2. The third kappa shape index (κ3) is 4.29. The molecule has 1 amide bonds. The highest BCUT2D eigenvalue weighted by Gasteiger charge is 2.09. The molecule has 0 aliphatic rings. The van der Waals surface area contributed by atoms with Crippen LogP contribution in [0.3, 0.4) is 0 Å². The van der Waals surface area contributed by atoms with Gasteiger partial charge in [0.05, 0.1) is 11.6 Å². The van der Waals surface area contributed by atoms with Gasteiger partial charge in [-0.25, -0.2) is 4.98 Å². The Morgan fingerprint density at radius 3 is 2.76 bits per heavy atom. The molecule has 1 aromatic carbocycles. The van der Waals surface area contributed by atoms with Gasteiger partial charge in [-0.15, -0.1) is 11.3 Å². The summed E-state index contributed by atoms with van der Waals surface area (Å²) < 4.78 is 0. The Morgan fingerprint density at radius 1 is 1.33 bits per heavy atom. The molecule has 0 aliphatic carbocycles. The minimum Gasteiger partial charge on any atom is -0.385 e. The second-order valence-electron chi connectivity index (χ2n) is 4.98. The lowest BCUT2D eigenvalue weighted by Gasteiger charge is -2.10. The number of amides is 1. The zero-order valence-electron chi connectivity index (χ0n) is 12.7. The van der Waals surface area contributed by atoms with Crippen LogP contribution in [0.5, 0.6) is 0 Å². The number of aromatic nitrogens is 1. The van der Waals surface area contributed by atoms with Crippen molar-refractivity contribution >= 4 is 22.9 Å². The monoisotopic (exact) mass is 303 g/mol. The number of nitrogens with zero attached hydrogens (tertiary/aromatic N) is 1. The maximum atomic E-state index is 12.2. The Labute approximate surface area is 129 Å². The first kappa shape index (κ1) is 15.5. The molecule has 2 rings (SSSR count). The molecule has 0 spiro atoms. The third-order valence-electron chi connectivity index (χ3n) is 3.14. The van der Waals surface area contributed by atoms with Crippen molar-refractivity contribution in [3.8, 4) is 0 Å². The lowest BCUT2D eigenvalue weighted by atomic mass is 10.1. The number of benzene rings is 1. The summed E-state index contributed by atoms with van der Waals surface area (Å²) in [7, 11) is 0. The van der Waals surface area contributed by atoms with Gasteiger partial charge < -0.3 is 10.6 Å². The Kier molecular flexibility index (Phi) is 5.33. The number of carbonyl (C=O) groups is 1. The maximum absolute atomic E-state index is 12.2. The van der Waals surface area contributed by atoms with Crippen LogP contribution in [0.1, 0.15) is 39.2 Å².